The van der Waals surface area contributed by atoms with Gasteiger partial charge in [-0.3, -0.25) is 0 Å². The Balaban J connectivity index is 2.06. The summed E-state index contributed by atoms with van der Waals surface area (Å²) in [7, 11) is 1.63. The molecular weight excluding hydrogens is 252 g/mol. The molecule has 0 fully saturated rings. The predicted octanol–water partition coefficient (Wildman–Crippen LogP) is 1.89. The van der Waals surface area contributed by atoms with Crippen molar-refractivity contribution in [3.8, 4) is 5.69 Å². The van der Waals surface area contributed by atoms with E-state index < -0.39 is 11.6 Å². The Hall–Kier alpha value is -1.79. The van der Waals surface area contributed by atoms with Crippen LogP contribution in [0.3, 0.4) is 0 Å². The minimum Gasteiger partial charge on any atom is -0.383 e. The molecule has 6 heteroatoms. The minimum absolute atomic E-state index is 0.100. The van der Waals surface area contributed by atoms with Gasteiger partial charge in [-0.2, -0.15) is 5.10 Å². The molecule has 2 rings (SSSR count). The number of hydrogen-bond acceptors (Lipinski definition) is 3. The first-order valence-corrected chi connectivity index (χ1v) is 5.91. The Bertz CT molecular complexity index is 542. The number of rotatable bonds is 6. The lowest BCUT2D eigenvalue weighted by Gasteiger charge is -2.04. The van der Waals surface area contributed by atoms with Crippen molar-refractivity contribution < 1.29 is 13.5 Å². The zero-order chi connectivity index (χ0) is 13.7. The van der Waals surface area contributed by atoms with E-state index in [-0.39, 0.29) is 5.69 Å². The first-order chi connectivity index (χ1) is 9.22. The van der Waals surface area contributed by atoms with Gasteiger partial charge in [0.25, 0.3) is 0 Å². The van der Waals surface area contributed by atoms with Crippen LogP contribution in [0.2, 0.25) is 0 Å². The molecule has 0 aliphatic carbocycles. The first kappa shape index (κ1) is 13.6. The summed E-state index contributed by atoms with van der Waals surface area (Å²) in [6, 6.07) is 5.76. The monoisotopic (exact) mass is 267 g/mol. The van der Waals surface area contributed by atoms with Gasteiger partial charge in [-0.1, -0.05) is 6.07 Å². The molecule has 0 saturated heterocycles. The van der Waals surface area contributed by atoms with Crippen LogP contribution >= 0.6 is 0 Å². The van der Waals surface area contributed by atoms with Gasteiger partial charge in [0.05, 0.1) is 12.3 Å². The van der Waals surface area contributed by atoms with Gasteiger partial charge in [0.2, 0.25) is 0 Å². The zero-order valence-corrected chi connectivity index (χ0v) is 10.6. The Kier molecular flexibility index (Phi) is 4.59. The third kappa shape index (κ3) is 3.36. The molecule has 0 radical (unpaired) electrons. The van der Waals surface area contributed by atoms with Crippen molar-refractivity contribution in [2.45, 2.75) is 6.54 Å². The lowest BCUT2D eigenvalue weighted by molar-refractivity contribution is 0.199. The molecule has 0 unspecified atom stereocenters. The number of benzene rings is 1. The maximum absolute atomic E-state index is 13.6. The maximum Gasteiger partial charge on any atom is 0.184 e. The summed E-state index contributed by atoms with van der Waals surface area (Å²) in [6.07, 6.45) is 1.60. The maximum atomic E-state index is 13.6. The number of methoxy groups -OCH3 is 1. The normalized spacial score (nSPS) is 10.9. The molecule has 0 bridgehead atoms. The molecule has 1 aromatic heterocycles. The van der Waals surface area contributed by atoms with Crippen LogP contribution in [0.5, 0.6) is 0 Å². The Morgan fingerprint density at radius 1 is 1.32 bits per heavy atom. The third-order valence-electron chi connectivity index (χ3n) is 2.61. The smallest absolute Gasteiger partial charge is 0.184 e. The van der Waals surface area contributed by atoms with Crippen molar-refractivity contribution in [1.82, 2.24) is 15.1 Å². The van der Waals surface area contributed by atoms with Crippen LogP contribution in [0.1, 0.15) is 5.69 Å². The van der Waals surface area contributed by atoms with Crippen molar-refractivity contribution in [3.63, 3.8) is 0 Å². The van der Waals surface area contributed by atoms with E-state index in [9.17, 15) is 8.78 Å². The predicted molar refractivity (Wildman–Crippen MR) is 67.1 cm³/mol. The highest BCUT2D eigenvalue weighted by molar-refractivity contribution is 5.33. The number of ether oxygens (including phenoxy) is 1. The molecule has 1 heterocycles. The van der Waals surface area contributed by atoms with Gasteiger partial charge >= 0.3 is 0 Å². The van der Waals surface area contributed by atoms with Crippen molar-refractivity contribution in [1.29, 1.82) is 0 Å². The summed E-state index contributed by atoms with van der Waals surface area (Å²) in [6.45, 7) is 1.87. The van der Waals surface area contributed by atoms with Gasteiger partial charge in [0.1, 0.15) is 5.69 Å². The summed E-state index contributed by atoms with van der Waals surface area (Å²) in [5.41, 5.74) is 0.850. The van der Waals surface area contributed by atoms with Gasteiger partial charge in [-0.15, -0.1) is 0 Å². The molecule has 4 nitrogen and oxygen atoms in total. The van der Waals surface area contributed by atoms with Gasteiger partial charge < -0.3 is 10.1 Å². The Morgan fingerprint density at radius 2 is 2.16 bits per heavy atom. The van der Waals surface area contributed by atoms with Gasteiger partial charge in [0, 0.05) is 26.4 Å². The molecular formula is C13H15F2N3O. The number of aromatic nitrogens is 2. The lowest BCUT2D eigenvalue weighted by atomic mass is 10.3. The quantitative estimate of drug-likeness (QED) is 0.812. The van der Waals surface area contributed by atoms with E-state index in [0.29, 0.717) is 19.7 Å². The molecule has 0 amide bonds. The van der Waals surface area contributed by atoms with E-state index in [1.54, 1.807) is 19.4 Å². The molecule has 2 aromatic rings. The highest BCUT2D eigenvalue weighted by Crippen LogP contribution is 2.15. The summed E-state index contributed by atoms with van der Waals surface area (Å²) in [4.78, 5) is 0. The average molecular weight is 267 g/mol. The van der Waals surface area contributed by atoms with E-state index in [1.807, 2.05) is 0 Å². The van der Waals surface area contributed by atoms with E-state index in [1.165, 1.54) is 16.8 Å². The molecule has 0 aliphatic rings. The SMILES string of the molecule is COCCNCc1ccn(-c2cccc(F)c2F)n1. The van der Waals surface area contributed by atoms with Crippen LogP contribution in [0.25, 0.3) is 5.69 Å². The summed E-state index contributed by atoms with van der Waals surface area (Å²) in [5, 5.41) is 7.31. The van der Waals surface area contributed by atoms with E-state index >= 15 is 0 Å². The van der Waals surface area contributed by atoms with E-state index in [4.69, 9.17) is 4.74 Å². The molecule has 0 atom stereocenters. The van der Waals surface area contributed by atoms with Crippen LogP contribution in [0.4, 0.5) is 8.78 Å². The van der Waals surface area contributed by atoms with Crippen LogP contribution in [0, 0.1) is 11.6 Å². The van der Waals surface area contributed by atoms with Crippen LogP contribution < -0.4 is 5.32 Å². The van der Waals surface area contributed by atoms with Gasteiger partial charge in [0.15, 0.2) is 11.6 Å². The molecule has 0 aliphatic heterocycles. The number of nitrogens with one attached hydrogen (secondary N) is 1. The fourth-order valence-corrected chi connectivity index (χ4v) is 1.65. The third-order valence-corrected chi connectivity index (χ3v) is 2.61. The van der Waals surface area contributed by atoms with Crippen molar-refractivity contribution >= 4 is 0 Å². The van der Waals surface area contributed by atoms with Crippen molar-refractivity contribution in [3.05, 3.63) is 47.8 Å². The second-order valence-electron chi connectivity index (χ2n) is 3.99. The second-order valence-corrected chi connectivity index (χ2v) is 3.99. The Morgan fingerprint density at radius 3 is 2.95 bits per heavy atom. The average Bonchev–Trinajstić information content (AvgIpc) is 2.87. The molecule has 1 N–H and O–H groups in total. The summed E-state index contributed by atoms with van der Waals surface area (Å²) in [5.74, 6) is -1.78. The Labute approximate surface area is 110 Å². The standard InChI is InChI=1S/C13H15F2N3O/c1-19-8-6-16-9-10-5-7-18(17-10)12-4-2-3-11(14)13(12)15/h2-5,7,16H,6,8-9H2,1H3. The molecule has 102 valence electrons. The van der Waals surface area contributed by atoms with E-state index in [2.05, 4.69) is 10.4 Å². The number of nitrogens with zero attached hydrogens (tertiary/aromatic N) is 2. The second kappa shape index (κ2) is 6.40. The van der Waals surface area contributed by atoms with Crippen molar-refractivity contribution in [2.24, 2.45) is 0 Å². The topological polar surface area (TPSA) is 39.1 Å². The number of hydrogen-bond donors (Lipinski definition) is 1. The highest BCUT2D eigenvalue weighted by atomic mass is 19.2. The van der Waals surface area contributed by atoms with Crippen molar-refractivity contribution in [2.75, 3.05) is 20.3 Å². The fourth-order valence-electron chi connectivity index (χ4n) is 1.65. The van der Waals surface area contributed by atoms with Gasteiger partial charge in [-0.05, 0) is 18.2 Å². The zero-order valence-electron chi connectivity index (χ0n) is 10.6. The van der Waals surface area contributed by atoms with Crippen LogP contribution in [-0.4, -0.2) is 30.0 Å². The number of halogens is 2. The minimum atomic E-state index is -0.899. The highest BCUT2D eigenvalue weighted by Gasteiger charge is 2.10. The van der Waals surface area contributed by atoms with Crippen LogP contribution in [0.15, 0.2) is 30.5 Å². The van der Waals surface area contributed by atoms with E-state index in [0.717, 1.165) is 11.8 Å². The largest absolute Gasteiger partial charge is 0.383 e. The fraction of sp³-hybridized carbons (Fsp3) is 0.308. The molecule has 0 spiro atoms. The summed E-state index contributed by atoms with van der Waals surface area (Å²) >= 11 is 0. The van der Waals surface area contributed by atoms with Crippen LogP contribution in [-0.2, 0) is 11.3 Å². The molecule has 1 aromatic carbocycles. The summed E-state index contributed by atoms with van der Waals surface area (Å²) < 4.78 is 32.9. The lowest BCUT2D eigenvalue weighted by Crippen LogP contribution is -2.18. The first-order valence-electron chi connectivity index (χ1n) is 5.91. The van der Waals surface area contributed by atoms with Gasteiger partial charge in [-0.25, -0.2) is 13.5 Å². The molecule has 19 heavy (non-hydrogen) atoms. The molecule has 0 saturated carbocycles.